The van der Waals surface area contributed by atoms with Crippen LogP contribution in [0, 0.1) is 0 Å². The number of hydrogen-bond acceptors (Lipinski definition) is 3. The van der Waals surface area contributed by atoms with Crippen molar-refractivity contribution in [2.24, 2.45) is 0 Å². The van der Waals surface area contributed by atoms with E-state index in [-0.39, 0.29) is 12.4 Å². The second kappa shape index (κ2) is 6.46. The summed E-state index contributed by atoms with van der Waals surface area (Å²) in [6, 6.07) is 14.7. The Bertz CT molecular complexity index is 549. The molecule has 0 heterocycles. The summed E-state index contributed by atoms with van der Waals surface area (Å²) < 4.78 is 7.52. The molecule has 0 radical (unpaired) electrons. The van der Waals surface area contributed by atoms with Crippen LogP contribution in [0.2, 0.25) is 0 Å². The average molecular weight is 372 g/mol. The third kappa shape index (κ3) is 4.47. The minimum absolute atomic E-state index is 0.272. The van der Waals surface area contributed by atoms with Gasteiger partial charge in [-0.05, 0) is 0 Å². The van der Waals surface area contributed by atoms with Gasteiger partial charge in [-0.15, -0.1) is 0 Å². The monoisotopic (exact) mass is 374 g/mol. The number of carboxylic acid groups (broad SMARTS) is 1. The van der Waals surface area contributed by atoms with Crippen molar-refractivity contribution < 1.29 is 19.7 Å². The van der Waals surface area contributed by atoms with Crippen molar-refractivity contribution in [1.82, 2.24) is 0 Å². The summed E-state index contributed by atoms with van der Waals surface area (Å²) in [5.74, 6) is -0.153. The first-order chi connectivity index (χ1) is 9.13. The first-order valence-electron chi connectivity index (χ1n) is 5.55. The van der Waals surface area contributed by atoms with Crippen LogP contribution in [0.15, 0.2) is 48.5 Å². The van der Waals surface area contributed by atoms with E-state index in [0.29, 0.717) is 5.75 Å². The number of carboxylic acids is 1. The van der Waals surface area contributed by atoms with Gasteiger partial charge in [0.2, 0.25) is 0 Å². The molecule has 2 N–H and O–H groups in total. The normalized spacial score (nSPS) is 10.1. The zero-order valence-electron chi connectivity index (χ0n) is 9.95. The molecular formula is C14H12O4Te. The van der Waals surface area contributed by atoms with Gasteiger partial charge in [0.05, 0.1) is 0 Å². The van der Waals surface area contributed by atoms with Gasteiger partial charge in [0.15, 0.2) is 0 Å². The van der Waals surface area contributed by atoms with Gasteiger partial charge >= 0.3 is 120 Å². The van der Waals surface area contributed by atoms with E-state index < -0.39 is 26.9 Å². The fourth-order valence-electron chi connectivity index (χ4n) is 1.40. The molecule has 0 spiro atoms. The van der Waals surface area contributed by atoms with Gasteiger partial charge in [-0.25, -0.2) is 0 Å². The molecule has 0 unspecified atom stereocenters. The van der Waals surface area contributed by atoms with Crippen molar-refractivity contribution in [2.75, 3.05) is 6.61 Å². The van der Waals surface area contributed by atoms with E-state index in [0.717, 1.165) is 0 Å². The predicted octanol–water partition coefficient (Wildman–Crippen LogP) is 0.511. The number of aliphatic carboxylic acids is 1. The third-order valence-electron chi connectivity index (χ3n) is 2.26. The number of aromatic hydroxyl groups is 1. The van der Waals surface area contributed by atoms with Crippen LogP contribution in [0.5, 0.6) is 11.5 Å². The number of carbonyl (C=O) groups is 1. The fraction of sp³-hybridized carbons (Fsp3) is 0.0714. The second-order valence-electron chi connectivity index (χ2n) is 3.75. The van der Waals surface area contributed by atoms with Crippen molar-refractivity contribution in [3.05, 3.63) is 48.5 Å². The number of phenols is 1. The standard InChI is InChI=1S/C14H12O4Te/c15-10-1-5-12(6-2-10)19-13-7-3-11(4-8-13)18-9-14(16)17/h1-8,15H,9H2,(H,16,17). The summed E-state index contributed by atoms with van der Waals surface area (Å²) in [5.41, 5.74) is 0. The number of rotatable bonds is 5. The Morgan fingerprint density at radius 2 is 1.53 bits per heavy atom. The van der Waals surface area contributed by atoms with Crippen molar-refractivity contribution in [1.29, 1.82) is 0 Å². The van der Waals surface area contributed by atoms with E-state index in [1.54, 1.807) is 24.3 Å². The molecule has 0 saturated carbocycles. The molecule has 2 aromatic carbocycles. The molecule has 0 saturated heterocycles. The molecule has 0 aromatic heterocycles. The van der Waals surface area contributed by atoms with E-state index in [2.05, 4.69) is 0 Å². The molecule has 0 bridgehead atoms. The van der Waals surface area contributed by atoms with E-state index in [1.807, 2.05) is 24.3 Å². The quantitative estimate of drug-likeness (QED) is 0.752. The minimum atomic E-state index is -0.984. The molecule has 0 amide bonds. The van der Waals surface area contributed by atoms with Gasteiger partial charge in [-0.2, -0.15) is 0 Å². The summed E-state index contributed by atoms with van der Waals surface area (Å²) in [4.78, 5) is 10.4. The Labute approximate surface area is 120 Å². The molecular weight excluding hydrogens is 360 g/mol. The SMILES string of the molecule is O=C(O)COc1ccc([Te]c2ccc(O)cc2)cc1. The maximum absolute atomic E-state index is 10.4. The average Bonchev–Trinajstić information content (AvgIpc) is 2.40. The van der Waals surface area contributed by atoms with Gasteiger partial charge in [0, 0.05) is 0 Å². The molecule has 19 heavy (non-hydrogen) atoms. The molecule has 5 heteroatoms. The molecule has 0 atom stereocenters. The van der Waals surface area contributed by atoms with Crippen molar-refractivity contribution in [2.45, 2.75) is 0 Å². The van der Waals surface area contributed by atoms with Crippen LogP contribution in [0.3, 0.4) is 0 Å². The topological polar surface area (TPSA) is 66.8 Å². The van der Waals surface area contributed by atoms with Crippen LogP contribution < -0.4 is 12.0 Å². The van der Waals surface area contributed by atoms with Crippen LogP contribution in [0.1, 0.15) is 0 Å². The Hall–Kier alpha value is -1.70. The second-order valence-corrected chi connectivity index (χ2v) is 7.02. The molecule has 2 aromatic rings. The molecule has 98 valence electrons. The van der Waals surface area contributed by atoms with Gasteiger partial charge in [-0.1, -0.05) is 0 Å². The van der Waals surface area contributed by atoms with Gasteiger partial charge < -0.3 is 0 Å². The Kier molecular flexibility index (Phi) is 4.67. The predicted molar refractivity (Wildman–Crippen MR) is 72.7 cm³/mol. The number of ether oxygens (including phenoxy) is 1. The van der Waals surface area contributed by atoms with Gasteiger partial charge in [0.1, 0.15) is 0 Å². The molecule has 0 aliphatic carbocycles. The summed E-state index contributed by atoms with van der Waals surface area (Å²) in [7, 11) is 0. The molecule has 4 nitrogen and oxygen atoms in total. The fourth-order valence-corrected chi connectivity index (χ4v) is 3.73. The Morgan fingerprint density at radius 3 is 2.05 bits per heavy atom. The molecule has 0 aliphatic rings. The van der Waals surface area contributed by atoms with Crippen molar-refractivity contribution in [3.8, 4) is 11.5 Å². The van der Waals surface area contributed by atoms with E-state index >= 15 is 0 Å². The molecule has 0 aliphatic heterocycles. The summed E-state index contributed by atoms with van der Waals surface area (Å²) in [6.45, 7) is -0.325. The number of benzene rings is 2. The number of hydrogen-bond donors (Lipinski definition) is 2. The Morgan fingerprint density at radius 1 is 1.00 bits per heavy atom. The number of phenolic OH excluding ortho intramolecular Hbond substituents is 1. The van der Waals surface area contributed by atoms with E-state index in [1.165, 1.54) is 7.22 Å². The Balaban J connectivity index is 1.98. The van der Waals surface area contributed by atoms with Crippen molar-refractivity contribution in [3.63, 3.8) is 0 Å². The van der Waals surface area contributed by atoms with Gasteiger partial charge in [-0.3, -0.25) is 0 Å². The molecule has 2 rings (SSSR count). The summed E-state index contributed by atoms with van der Waals surface area (Å²) in [6.07, 6.45) is 0. The van der Waals surface area contributed by atoms with Crippen LogP contribution in [0.25, 0.3) is 0 Å². The summed E-state index contributed by atoms with van der Waals surface area (Å²) >= 11 is -0.494. The summed E-state index contributed by atoms with van der Waals surface area (Å²) in [5, 5.41) is 17.7. The van der Waals surface area contributed by atoms with Crippen LogP contribution in [-0.2, 0) is 4.79 Å². The molecule has 0 fully saturated rings. The first-order valence-corrected chi connectivity index (χ1v) is 7.88. The van der Waals surface area contributed by atoms with Crippen molar-refractivity contribution >= 4 is 34.1 Å². The maximum atomic E-state index is 10.4. The zero-order valence-corrected chi connectivity index (χ0v) is 12.3. The van der Waals surface area contributed by atoms with E-state index in [9.17, 15) is 9.90 Å². The third-order valence-corrected chi connectivity index (χ3v) is 5.16. The van der Waals surface area contributed by atoms with Crippen LogP contribution in [0.4, 0.5) is 0 Å². The van der Waals surface area contributed by atoms with Crippen LogP contribution >= 0.6 is 0 Å². The zero-order chi connectivity index (χ0) is 13.7. The first kappa shape index (κ1) is 13.7. The van der Waals surface area contributed by atoms with Crippen LogP contribution in [-0.4, -0.2) is 43.7 Å². The van der Waals surface area contributed by atoms with E-state index in [4.69, 9.17) is 9.84 Å². The van der Waals surface area contributed by atoms with Gasteiger partial charge in [0.25, 0.3) is 0 Å².